The quantitative estimate of drug-likeness (QED) is 0.792. The van der Waals surface area contributed by atoms with E-state index in [1.807, 2.05) is 19.9 Å². The molecule has 0 bridgehead atoms. The molecule has 1 aliphatic rings. The van der Waals surface area contributed by atoms with Crippen LogP contribution in [0.15, 0.2) is 35.2 Å². The molecule has 148 valence electrons. The van der Waals surface area contributed by atoms with Gasteiger partial charge >= 0.3 is 0 Å². The third-order valence-corrected chi connectivity index (χ3v) is 7.79. The van der Waals surface area contributed by atoms with Crippen LogP contribution in [0.2, 0.25) is 0 Å². The van der Waals surface area contributed by atoms with Crippen molar-refractivity contribution < 1.29 is 18.3 Å². The monoisotopic (exact) mass is 410 g/mol. The molecular formula is C19H26N2O4S2. The van der Waals surface area contributed by atoms with Crippen molar-refractivity contribution in [3.05, 3.63) is 45.6 Å². The number of aliphatic hydroxyl groups is 1. The third kappa shape index (κ3) is 4.52. The topological polar surface area (TPSA) is 70.1 Å². The predicted molar refractivity (Wildman–Crippen MR) is 107 cm³/mol. The largest absolute Gasteiger partial charge is 0.497 e. The van der Waals surface area contributed by atoms with Gasteiger partial charge in [-0.15, -0.1) is 11.3 Å². The van der Waals surface area contributed by atoms with Crippen LogP contribution < -0.4 is 4.74 Å². The highest BCUT2D eigenvalue weighted by Crippen LogP contribution is 2.27. The number of hydrogen-bond acceptors (Lipinski definition) is 6. The molecule has 0 saturated carbocycles. The molecule has 1 atom stereocenters. The van der Waals surface area contributed by atoms with Crippen LogP contribution in [0.4, 0.5) is 0 Å². The van der Waals surface area contributed by atoms with Gasteiger partial charge in [0, 0.05) is 42.5 Å². The highest BCUT2D eigenvalue weighted by atomic mass is 32.2. The normalized spacial score (nSPS) is 17.8. The van der Waals surface area contributed by atoms with Crippen molar-refractivity contribution in [3.63, 3.8) is 0 Å². The first-order chi connectivity index (χ1) is 12.8. The van der Waals surface area contributed by atoms with Gasteiger partial charge in [0.25, 0.3) is 0 Å². The number of benzene rings is 1. The van der Waals surface area contributed by atoms with Crippen molar-refractivity contribution in [1.29, 1.82) is 0 Å². The zero-order valence-electron chi connectivity index (χ0n) is 15.9. The molecule has 0 amide bonds. The molecule has 2 aromatic rings. The third-order valence-electron chi connectivity index (χ3n) is 4.90. The summed E-state index contributed by atoms with van der Waals surface area (Å²) in [6, 6.07) is 8.50. The van der Waals surface area contributed by atoms with E-state index in [4.69, 9.17) is 4.74 Å². The van der Waals surface area contributed by atoms with Crippen LogP contribution >= 0.6 is 11.3 Å². The molecule has 1 fully saturated rings. The maximum absolute atomic E-state index is 12.8. The number of ether oxygens (including phenoxy) is 1. The maximum atomic E-state index is 12.8. The summed E-state index contributed by atoms with van der Waals surface area (Å²) < 4.78 is 32.2. The van der Waals surface area contributed by atoms with Crippen molar-refractivity contribution in [1.82, 2.24) is 9.21 Å². The minimum atomic E-state index is -3.50. The Labute approximate surface area is 165 Å². The minimum absolute atomic E-state index is 0.279. The van der Waals surface area contributed by atoms with Crippen LogP contribution in [0.3, 0.4) is 0 Å². The minimum Gasteiger partial charge on any atom is -0.497 e. The van der Waals surface area contributed by atoms with Gasteiger partial charge < -0.3 is 9.84 Å². The van der Waals surface area contributed by atoms with Crippen LogP contribution in [-0.2, 0) is 10.0 Å². The molecule has 1 saturated heterocycles. The Kier molecular flexibility index (Phi) is 6.22. The van der Waals surface area contributed by atoms with E-state index in [1.54, 1.807) is 42.7 Å². The maximum Gasteiger partial charge on any atom is 0.243 e. The molecule has 0 radical (unpaired) electrons. The van der Waals surface area contributed by atoms with Crippen LogP contribution in [0.1, 0.15) is 21.4 Å². The lowest BCUT2D eigenvalue weighted by molar-refractivity contribution is 0.0920. The molecule has 6 nitrogen and oxygen atoms in total. The summed E-state index contributed by atoms with van der Waals surface area (Å²) in [5, 5.41) is 10.5. The zero-order valence-corrected chi connectivity index (χ0v) is 17.5. The van der Waals surface area contributed by atoms with Crippen molar-refractivity contribution in [2.45, 2.75) is 24.8 Å². The number of hydrogen-bond donors (Lipinski definition) is 1. The highest BCUT2D eigenvalue weighted by molar-refractivity contribution is 7.89. The summed E-state index contributed by atoms with van der Waals surface area (Å²) in [4.78, 5) is 4.73. The molecule has 1 N–H and O–H groups in total. The van der Waals surface area contributed by atoms with Gasteiger partial charge in [0.1, 0.15) is 5.75 Å². The molecule has 3 rings (SSSR count). The number of aliphatic hydroxyl groups excluding tert-OH is 1. The van der Waals surface area contributed by atoms with Gasteiger partial charge in [-0.2, -0.15) is 4.31 Å². The number of methoxy groups -OCH3 is 1. The number of rotatable bonds is 6. The molecular weight excluding hydrogens is 384 g/mol. The van der Waals surface area contributed by atoms with Crippen molar-refractivity contribution in [2.75, 3.05) is 39.8 Å². The number of piperazine rings is 1. The molecule has 1 aromatic heterocycles. The summed E-state index contributed by atoms with van der Waals surface area (Å²) in [5.74, 6) is 0.631. The van der Waals surface area contributed by atoms with Gasteiger partial charge in [0.05, 0.1) is 18.1 Å². The van der Waals surface area contributed by atoms with Crippen molar-refractivity contribution in [2.24, 2.45) is 0 Å². The first-order valence-electron chi connectivity index (χ1n) is 8.93. The molecule has 27 heavy (non-hydrogen) atoms. The second-order valence-electron chi connectivity index (χ2n) is 6.76. The molecule has 1 unspecified atom stereocenters. The SMILES string of the molecule is COc1ccc(S(=O)(=O)N2CCN(CC(O)c3cc(C)sc3C)CC2)cc1. The first kappa shape index (κ1) is 20.3. The lowest BCUT2D eigenvalue weighted by atomic mass is 10.1. The van der Waals surface area contributed by atoms with E-state index in [9.17, 15) is 13.5 Å². The molecule has 1 aliphatic heterocycles. The zero-order chi connectivity index (χ0) is 19.6. The smallest absolute Gasteiger partial charge is 0.243 e. The van der Waals surface area contributed by atoms with E-state index in [0.29, 0.717) is 38.5 Å². The number of sulfonamides is 1. The van der Waals surface area contributed by atoms with E-state index in [-0.39, 0.29) is 4.90 Å². The van der Waals surface area contributed by atoms with Gasteiger partial charge in [0.2, 0.25) is 10.0 Å². The molecule has 8 heteroatoms. The molecule has 0 spiro atoms. The van der Waals surface area contributed by atoms with E-state index < -0.39 is 16.1 Å². The lowest BCUT2D eigenvalue weighted by Gasteiger charge is -2.35. The summed E-state index contributed by atoms with van der Waals surface area (Å²) in [6.45, 7) is 6.63. The second-order valence-corrected chi connectivity index (χ2v) is 10.2. The summed E-state index contributed by atoms with van der Waals surface area (Å²) in [6.07, 6.45) is -0.542. The Hall–Kier alpha value is -1.45. The van der Waals surface area contributed by atoms with Gasteiger partial charge in [0.15, 0.2) is 0 Å². The number of β-amino-alcohol motifs (C(OH)–C–C–N with tert-alkyl or cyclic N) is 1. The predicted octanol–water partition coefficient (Wildman–Crippen LogP) is 2.41. The Morgan fingerprint density at radius 3 is 2.30 bits per heavy atom. The fraction of sp³-hybridized carbons (Fsp3) is 0.474. The lowest BCUT2D eigenvalue weighted by Crippen LogP contribution is -2.49. The second kappa shape index (κ2) is 8.28. The van der Waals surface area contributed by atoms with E-state index in [0.717, 1.165) is 10.4 Å². The molecule has 0 aliphatic carbocycles. The summed E-state index contributed by atoms with van der Waals surface area (Å²) >= 11 is 1.69. The van der Waals surface area contributed by atoms with E-state index in [1.165, 1.54) is 9.18 Å². The Balaban J connectivity index is 1.60. The van der Waals surface area contributed by atoms with Gasteiger partial charge in [-0.1, -0.05) is 0 Å². The first-order valence-corrected chi connectivity index (χ1v) is 11.2. The number of thiophene rings is 1. The van der Waals surface area contributed by atoms with Gasteiger partial charge in [-0.3, -0.25) is 4.90 Å². The van der Waals surface area contributed by atoms with E-state index >= 15 is 0 Å². The Morgan fingerprint density at radius 2 is 1.78 bits per heavy atom. The van der Waals surface area contributed by atoms with Gasteiger partial charge in [-0.25, -0.2) is 8.42 Å². The van der Waals surface area contributed by atoms with Crippen LogP contribution in [0.5, 0.6) is 5.75 Å². The van der Waals surface area contributed by atoms with Crippen LogP contribution in [0.25, 0.3) is 0 Å². The van der Waals surface area contributed by atoms with Crippen molar-refractivity contribution >= 4 is 21.4 Å². The average molecular weight is 411 g/mol. The van der Waals surface area contributed by atoms with Crippen LogP contribution in [0, 0.1) is 13.8 Å². The highest BCUT2D eigenvalue weighted by Gasteiger charge is 2.29. The average Bonchev–Trinajstić information content (AvgIpc) is 3.00. The standard InChI is InChI=1S/C19H26N2O4S2/c1-14-12-18(15(2)26-14)19(22)13-20-8-10-21(11-9-20)27(23,24)17-6-4-16(25-3)5-7-17/h4-7,12,19,22H,8-11,13H2,1-3H3. The summed E-state index contributed by atoms with van der Waals surface area (Å²) in [7, 11) is -1.95. The van der Waals surface area contributed by atoms with E-state index in [2.05, 4.69) is 4.90 Å². The molecule has 2 heterocycles. The molecule has 1 aromatic carbocycles. The fourth-order valence-electron chi connectivity index (χ4n) is 3.37. The van der Waals surface area contributed by atoms with Crippen LogP contribution in [-0.4, -0.2) is 62.6 Å². The van der Waals surface area contributed by atoms with Crippen molar-refractivity contribution in [3.8, 4) is 5.75 Å². The summed E-state index contributed by atoms with van der Waals surface area (Å²) in [5.41, 5.74) is 0.978. The fourth-order valence-corrected chi connectivity index (χ4v) is 5.78. The number of aryl methyl sites for hydroxylation is 2. The Morgan fingerprint density at radius 1 is 1.15 bits per heavy atom. The number of nitrogens with zero attached hydrogens (tertiary/aromatic N) is 2. The Bertz CT molecular complexity index is 870. The van der Waals surface area contributed by atoms with Gasteiger partial charge in [-0.05, 0) is 49.7 Å².